The van der Waals surface area contributed by atoms with Crippen molar-refractivity contribution in [2.45, 2.75) is 43.9 Å². The number of nitrogens with zero attached hydrogens (tertiary/aromatic N) is 1. The van der Waals surface area contributed by atoms with Gasteiger partial charge in [0.2, 0.25) is 5.91 Å². The topological polar surface area (TPSA) is 83.6 Å². The van der Waals surface area contributed by atoms with Gasteiger partial charge in [-0.05, 0) is 18.6 Å². The Morgan fingerprint density at radius 1 is 1.18 bits per heavy atom. The molecule has 0 spiro atoms. The van der Waals surface area contributed by atoms with Gasteiger partial charge in [-0.15, -0.1) is 0 Å². The van der Waals surface area contributed by atoms with Crippen LogP contribution in [0.15, 0.2) is 17.0 Å². The monoisotopic (exact) mass is 448 g/mol. The highest BCUT2D eigenvalue weighted by Crippen LogP contribution is 2.34. The number of ketones is 1. The molecule has 0 atom stereocenters. The average molecular weight is 449 g/mol. The predicted molar refractivity (Wildman–Crippen MR) is 111 cm³/mol. The first-order valence-electron chi connectivity index (χ1n) is 9.49. The molecule has 0 aliphatic carbocycles. The van der Waals surface area contributed by atoms with Gasteiger partial charge in [-0.1, -0.05) is 49.4 Å². The van der Waals surface area contributed by atoms with Gasteiger partial charge >= 0.3 is 0 Å². The summed E-state index contributed by atoms with van der Waals surface area (Å²) in [7, 11) is -3.55. The predicted octanol–water partition coefficient (Wildman–Crippen LogP) is 3.35. The van der Waals surface area contributed by atoms with Crippen molar-refractivity contribution >= 4 is 44.7 Å². The highest BCUT2D eigenvalue weighted by atomic mass is 35.5. The van der Waals surface area contributed by atoms with Crippen molar-refractivity contribution in [1.29, 1.82) is 0 Å². The maximum atomic E-state index is 12.5. The lowest BCUT2D eigenvalue weighted by molar-refractivity contribution is -0.124. The van der Waals surface area contributed by atoms with Crippen LogP contribution >= 0.6 is 23.2 Å². The van der Waals surface area contributed by atoms with Crippen molar-refractivity contribution in [3.63, 3.8) is 0 Å². The summed E-state index contributed by atoms with van der Waals surface area (Å²) in [6.45, 7) is 3.99. The van der Waals surface area contributed by atoms with E-state index in [0.29, 0.717) is 26.1 Å². The van der Waals surface area contributed by atoms with Gasteiger partial charge in [0, 0.05) is 31.6 Å². The molecule has 0 saturated carbocycles. The molecule has 1 aliphatic rings. The van der Waals surface area contributed by atoms with Gasteiger partial charge in [0.05, 0.1) is 27.2 Å². The molecule has 1 aliphatic heterocycles. The Labute approximate surface area is 176 Å². The number of hydrogen-bond acceptors (Lipinski definition) is 5. The molecule has 0 unspecified atom stereocenters. The molecule has 2 rings (SSSR count). The molecule has 1 heterocycles. The number of benzene rings is 1. The zero-order chi connectivity index (χ0) is 20.7. The first-order chi connectivity index (χ1) is 13.3. The number of Topliss-reactive ketones (excluding diaryl/α,β-unsaturated/α-hetero) is 1. The number of carbonyl (C=O) groups excluding carboxylic acids is 2. The molecule has 1 amide bonds. The number of rotatable bonds is 10. The number of piperazine rings is 1. The zero-order valence-corrected chi connectivity index (χ0v) is 18.3. The van der Waals surface area contributed by atoms with Crippen LogP contribution in [0, 0.1) is 0 Å². The Hall–Kier alpha value is -1.15. The second-order valence-corrected chi connectivity index (χ2v) is 9.75. The van der Waals surface area contributed by atoms with Gasteiger partial charge in [0.25, 0.3) is 0 Å². The highest BCUT2D eigenvalue weighted by Gasteiger charge is 2.24. The van der Waals surface area contributed by atoms with E-state index in [4.69, 9.17) is 23.2 Å². The first kappa shape index (κ1) is 23.1. The second-order valence-electron chi connectivity index (χ2n) is 6.92. The van der Waals surface area contributed by atoms with Gasteiger partial charge in [-0.25, -0.2) is 8.42 Å². The van der Waals surface area contributed by atoms with E-state index in [1.165, 1.54) is 12.1 Å². The van der Waals surface area contributed by atoms with Crippen LogP contribution in [0.2, 0.25) is 10.0 Å². The molecule has 28 heavy (non-hydrogen) atoms. The fourth-order valence-corrected chi connectivity index (χ4v) is 5.39. The van der Waals surface area contributed by atoms with Crippen molar-refractivity contribution < 1.29 is 18.0 Å². The smallest absolute Gasteiger partial charge is 0.234 e. The largest absolute Gasteiger partial charge is 0.354 e. The molecule has 0 bridgehead atoms. The molecule has 1 aromatic rings. The van der Waals surface area contributed by atoms with E-state index in [2.05, 4.69) is 12.2 Å². The van der Waals surface area contributed by atoms with E-state index in [1.54, 1.807) is 0 Å². The normalized spacial score (nSPS) is 15.5. The van der Waals surface area contributed by atoms with Gasteiger partial charge in [0.1, 0.15) is 0 Å². The molecule has 156 valence electrons. The summed E-state index contributed by atoms with van der Waals surface area (Å²) in [6, 6.07) is 2.79. The Kier molecular flexibility index (Phi) is 8.74. The maximum absolute atomic E-state index is 12.5. The second kappa shape index (κ2) is 10.6. The van der Waals surface area contributed by atoms with Crippen LogP contribution in [0.25, 0.3) is 0 Å². The highest BCUT2D eigenvalue weighted by molar-refractivity contribution is 7.91. The Morgan fingerprint density at radius 3 is 2.61 bits per heavy atom. The SMILES string of the molecule is CCCCCCS(=O)(=O)c1ccc(C(=O)CCN2CCNC(=O)C2)c(Cl)c1Cl. The number of nitrogens with one attached hydrogen (secondary N) is 1. The van der Waals surface area contributed by atoms with Crippen LogP contribution < -0.4 is 5.32 Å². The molecule has 1 fully saturated rings. The standard InChI is InChI=1S/C19H26Cl2N2O4S/c1-2-3-4-5-12-28(26,27)16-7-6-14(18(20)19(16)21)15(24)8-10-23-11-9-22-17(25)13-23/h6-7H,2-5,8-13H2,1H3,(H,22,25). The van der Waals surface area contributed by atoms with E-state index in [0.717, 1.165) is 19.3 Å². The summed E-state index contributed by atoms with van der Waals surface area (Å²) >= 11 is 12.4. The van der Waals surface area contributed by atoms with E-state index in [-0.39, 0.29) is 50.9 Å². The van der Waals surface area contributed by atoms with Crippen LogP contribution in [0.5, 0.6) is 0 Å². The average Bonchev–Trinajstić information content (AvgIpc) is 2.65. The lowest BCUT2D eigenvalue weighted by atomic mass is 10.1. The van der Waals surface area contributed by atoms with Crippen LogP contribution in [0.4, 0.5) is 0 Å². The van der Waals surface area contributed by atoms with Crippen molar-refractivity contribution in [2.75, 3.05) is 31.9 Å². The summed E-state index contributed by atoms with van der Waals surface area (Å²) < 4.78 is 25.1. The van der Waals surface area contributed by atoms with Crippen LogP contribution in [0.3, 0.4) is 0 Å². The van der Waals surface area contributed by atoms with Crippen LogP contribution in [-0.4, -0.2) is 56.9 Å². The Balaban J connectivity index is 2.05. The molecule has 9 heteroatoms. The molecule has 0 aromatic heterocycles. The Morgan fingerprint density at radius 2 is 1.93 bits per heavy atom. The first-order valence-corrected chi connectivity index (χ1v) is 11.9. The molecular formula is C19H26Cl2N2O4S. The third kappa shape index (κ3) is 6.17. The van der Waals surface area contributed by atoms with E-state index in [1.807, 2.05) is 4.90 Å². The summed E-state index contributed by atoms with van der Waals surface area (Å²) in [6.07, 6.45) is 3.58. The lowest BCUT2D eigenvalue weighted by Gasteiger charge is -2.26. The van der Waals surface area contributed by atoms with Crippen molar-refractivity contribution in [2.24, 2.45) is 0 Å². The van der Waals surface area contributed by atoms with Gasteiger partial charge < -0.3 is 5.32 Å². The Bertz CT molecular complexity index is 827. The quantitative estimate of drug-likeness (QED) is 0.438. The number of sulfone groups is 1. The number of carbonyl (C=O) groups is 2. The van der Waals surface area contributed by atoms with Gasteiger partial charge in [-0.3, -0.25) is 14.5 Å². The summed E-state index contributed by atoms with van der Waals surface area (Å²) in [4.78, 5) is 25.8. The van der Waals surface area contributed by atoms with Crippen LogP contribution in [-0.2, 0) is 14.6 Å². The fraction of sp³-hybridized carbons (Fsp3) is 0.579. The molecule has 6 nitrogen and oxygen atoms in total. The molecule has 1 saturated heterocycles. The van der Waals surface area contributed by atoms with Gasteiger partial charge in [0.15, 0.2) is 15.6 Å². The zero-order valence-electron chi connectivity index (χ0n) is 16.0. The van der Waals surface area contributed by atoms with Crippen molar-refractivity contribution in [3.05, 3.63) is 27.7 Å². The number of hydrogen-bond donors (Lipinski definition) is 1. The molecule has 1 aromatic carbocycles. The molecular weight excluding hydrogens is 423 g/mol. The maximum Gasteiger partial charge on any atom is 0.234 e. The summed E-state index contributed by atoms with van der Waals surface area (Å²) in [5, 5.41) is 2.60. The van der Waals surface area contributed by atoms with Crippen molar-refractivity contribution in [3.8, 4) is 0 Å². The van der Waals surface area contributed by atoms with E-state index < -0.39 is 9.84 Å². The van der Waals surface area contributed by atoms with E-state index >= 15 is 0 Å². The van der Waals surface area contributed by atoms with Gasteiger partial charge in [-0.2, -0.15) is 0 Å². The van der Waals surface area contributed by atoms with E-state index in [9.17, 15) is 18.0 Å². The fourth-order valence-electron chi connectivity index (χ4n) is 3.09. The van der Waals surface area contributed by atoms with Crippen LogP contribution in [0.1, 0.15) is 49.4 Å². The number of unbranched alkanes of at least 4 members (excludes halogenated alkanes) is 3. The minimum Gasteiger partial charge on any atom is -0.354 e. The lowest BCUT2D eigenvalue weighted by Crippen LogP contribution is -2.48. The minimum atomic E-state index is -3.55. The minimum absolute atomic E-state index is 0.00731. The third-order valence-electron chi connectivity index (χ3n) is 4.72. The molecule has 0 radical (unpaired) electrons. The van der Waals surface area contributed by atoms with Crippen molar-refractivity contribution in [1.82, 2.24) is 10.2 Å². The number of amides is 1. The summed E-state index contributed by atoms with van der Waals surface area (Å²) in [5.41, 5.74) is 0.207. The summed E-state index contributed by atoms with van der Waals surface area (Å²) in [5.74, 6) is -0.286. The third-order valence-corrected chi connectivity index (χ3v) is 7.55. The molecule has 1 N–H and O–H groups in total. The number of halogens is 2.